The van der Waals surface area contributed by atoms with E-state index in [9.17, 15) is 0 Å². The van der Waals surface area contributed by atoms with Gasteiger partial charge in [0.25, 0.3) is 0 Å². The molecule has 3 heteroatoms. The lowest BCUT2D eigenvalue weighted by Gasteiger charge is -2.26. The van der Waals surface area contributed by atoms with Crippen LogP contribution in [0.4, 0.5) is 0 Å². The van der Waals surface area contributed by atoms with E-state index < -0.39 is 0 Å². The second-order valence-electron chi connectivity index (χ2n) is 9.03. The van der Waals surface area contributed by atoms with Gasteiger partial charge in [0.2, 0.25) is 0 Å². The molecule has 0 heterocycles. The number of rotatable bonds is 13. The summed E-state index contributed by atoms with van der Waals surface area (Å²) in [6.07, 6.45) is 21.3. The van der Waals surface area contributed by atoms with Crippen LogP contribution in [0.25, 0.3) is 0 Å². The molecule has 2 nitrogen and oxygen atoms in total. The van der Waals surface area contributed by atoms with E-state index in [1.165, 1.54) is 74.8 Å². The second-order valence-corrected chi connectivity index (χ2v) is 10.0. The minimum absolute atomic E-state index is 0.509. The molecule has 0 aliphatic heterocycles. The smallest absolute Gasteiger partial charge is 0.0200 e. The molecule has 0 amide bonds. The van der Waals surface area contributed by atoms with Crippen molar-refractivity contribution in [2.75, 3.05) is 31.6 Å². The zero-order chi connectivity index (χ0) is 20.9. The fourth-order valence-corrected chi connectivity index (χ4v) is 5.41. The minimum Gasteiger partial charge on any atom is -0.315 e. The van der Waals surface area contributed by atoms with Gasteiger partial charge in [-0.3, -0.25) is 0 Å². The van der Waals surface area contributed by atoms with Crippen molar-refractivity contribution in [1.29, 1.82) is 0 Å². The van der Waals surface area contributed by atoms with Crippen LogP contribution in [0, 0.1) is 5.92 Å². The number of hydrogen-bond donors (Lipinski definition) is 2. The highest BCUT2D eigenvalue weighted by Crippen LogP contribution is 2.30. The highest BCUT2D eigenvalue weighted by atomic mass is 32.2. The molecule has 2 atom stereocenters. The van der Waals surface area contributed by atoms with Crippen molar-refractivity contribution in [3.05, 3.63) is 59.7 Å². The average Bonchev–Trinajstić information content (AvgIpc) is 2.82. The third-order valence-electron chi connectivity index (χ3n) is 6.72. The van der Waals surface area contributed by atoms with Gasteiger partial charge >= 0.3 is 0 Å². The van der Waals surface area contributed by atoms with Crippen molar-refractivity contribution < 1.29 is 0 Å². The molecule has 3 rings (SSSR count). The van der Waals surface area contributed by atoms with Crippen LogP contribution in [0.15, 0.2) is 54.1 Å². The number of thioether (sulfide) groups is 1. The van der Waals surface area contributed by atoms with Gasteiger partial charge in [0.05, 0.1) is 0 Å². The number of nitrogens with one attached hydrogen (secondary N) is 2. The van der Waals surface area contributed by atoms with Crippen LogP contribution in [0.2, 0.25) is 0 Å². The molecule has 1 saturated carbocycles. The van der Waals surface area contributed by atoms with Gasteiger partial charge in [0, 0.05) is 18.5 Å². The molecule has 2 N–H and O–H groups in total. The van der Waals surface area contributed by atoms with Crippen LogP contribution >= 0.6 is 11.8 Å². The summed E-state index contributed by atoms with van der Waals surface area (Å²) in [5.41, 5.74) is 2.95. The van der Waals surface area contributed by atoms with Crippen LogP contribution < -0.4 is 10.6 Å². The average molecular weight is 427 g/mol. The predicted molar refractivity (Wildman–Crippen MR) is 134 cm³/mol. The molecular formula is C27H42N2S. The van der Waals surface area contributed by atoms with Gasteiger partial charge in [-0.1, -0.05) is 67.8 Å². The summed E-state index contributed by atoms with van der Waals surface area (Å²) in [7, 11) is 0. The lowest BCUT2D eigenvalue weighted by molar-refractivity contribution is 0.321. The molecule has 1 fully saturated rings. The molecule has 0 spiro atoms. The third kappa shape index (κ3) is 8.24. The van der Waals surface area contributed by atoms with E-state index in [4.69, 9.17) is 0 Å². The summed E-state index contributed by atoms with van der Waals surface area (Å²) in [5, 5.41) is 7.71. The van der Waals surface area contributed by atoms with Crippen LogP contribution in [0.5, 0.6) is 0 Å². The maximum atomic E-state index is 3.91. The van der Waals surface area contributed by atoms with Crippen molar-refractivity contribution >= 4 is 11.8 Å². The highest BCUT2D eigenvalue weighted by molar-refractivity contribution is 7.98. The largest absolute Gasteiger partial charge is 0.315 e. The lowest BCUT2D eigenvalue weighted by Crippen LogP contribution is -2.42. The molecule has 0 aromatic heterocycles. The van der Waals surface area contributed by atoms with Gasteiger partial charge in [-0.05, 0) is 80.7 Å². The molecule has 2 aliphatic rings. The molecule has 1 aromatic carbocycles. The molecule has 2 unspecified atom stereocenters. The summed E-state index contributed by atoms with van der Waals surface area (Å²) in [4.78, 5) is 0. The van der Waals surface area contributed by atoms with Gasteiger partial charge in [0.1, 0.15) is 0 Å². The van der Waals surface area contributed by atoms with Crippen molar-refractivity contribution in [1.82, 2.24) is 10.6 Å². The number of allylic oxidation sites excluding steroid dienone is 4. The van der Waals surface area contributed by atoms with E-state index in [0.717, 1.165) is 25.4 Å². The third-order valence-corrected chi connectivity index (χ3v) is 7.36. The molecule has 0 bridgehead atoms. The van der Waals surface area contributed by atoms with E-state index in [-0.39, 0.29) is 0 Å². The predicted octanol–water partition coefficient (Wildman–Crippen LogP) is 6.32. The Morgan fingerprint density at radius 1 is 1.03 bits per heavy atom. The molecule has 2 aliphatic carbocycles. The number of benzene rings is 1. The van der Waals surface area contributed by atoms with Crippen LogP contribution in [0.1, 0.15) is 69.3 Å². The van der Waals surface area contributed by atoms with Crippen molar-refractivity contribution in [3.63, 3.8) is 0 Å². The van der Waals surface area contributed by atoms with E-state index in [1.54, 1.807) is 0 Å². The SMILES string of the molecule is CSCCC(CNCCC(C1=CCCC=C1)c1ccccc1)NCC1CCCCC1. The van der Waals surface area contributed by atoms with Gasteiger partial charge in [-0.25, -0.2) is 0 Å². The quantitative estimate of drug-likeness (QED) is 0.361. The Morgan fingerprint density at radius 3 is 2.60 bits per heavy atom. The summed E-state index contributed by atoms with van der Waals surface area (Å²) in [6, 6.07) is 11.7. The van der Waals surface area contributed by atoms with Crippen LogP contribution in [-0.4, -0.2) is 37.7 Å². The minimum atomic E-state index is 0.509. The lowest BCUT2D eigenvalue weighted by atomic mass is 9.85. The summed E-state index contributed by atoms with van der Waals surface area (Å²) < 4.78 is 0. The van der Waals surface area contributed by atoms with Crippen molar-refractivity contribution in [3.8, 4) is 0 Å². The monoisotopic (exact) mass is 426 g/mol. The van der Waals surface area contributed by atoms with Crippen molar-refractivity contribution in [2.24, 2.45) is 5.92 Å². The maximum absolute atomic E-state index is 3.91. The fourth-order valence-electron chi connectivity index (χ4n) is 4.89. The van der Waals surface area contributed by atoms with Gasteiger partial charge in [0.15, 0.2) is 0 Å². The topological polar surface area (TPSA) is 24.1 Å². The highest BCUT2D eigenvalue weighted by Gasteiger charge is 2.17. The Morgan fingerprint density at radius 2 is 1.87 bits per heavy atom. The zero-order valence-electron chi connectivity index (χ0n) is 19.0. The molecule has 166 valence electrons. The first kappa shape index (κ1) is 23.6. The molecule has 30 heavy (non-hydrogen) atoms. The summed E-state index contributed by atoms with van der Waals surface area (Å²) in [5.74, 6) is 2.66. The normalized spacial score (nSPS) is 19.4. The van der Waals surface area contributed by atoms with Crippen LogP contribution in [0.3, 0.4) is 0 Å². The van der Waals surface area contributed by atoms with E-state index in [2.05, 4.69) is 65.4 Å². The molecule has 0 saturated heterocycles. The van der Waals surface area contributed by atoms with E-state index >= 15 is 0 Å². The Balaban J connectivity index is 1.47. The first-order valence-electron chi connectivity index (χ1n) is 12.2. The van der Waals surface area contributed by atoms with Crippen molar-refractivity contribution in [2.45, 2.75) is 69.7 Å². The summed E-state index contributed by atoms with van der Waals surface area (Å²) >= 11 is 1.97. The van der Waals surface area contributed by atoms with Gasteiger partial charge < -0.3 is 10.6 Å². The number of hydrogen-bond acceptors (Lipinski definition) is 3. The molecule has 1 aromatic rings. The van der Waals surface area contributed by atoms with E-state index in [0.29, 0.717) is 12.0 Å². The van der Waals surface area contributed by atoms with Gasteiger partial charge in [-0.15, -0.1) is 0 Å². The zero-order valence-corrected chi connectivity index (χ0v) is 19.8. The Hall–Kier alpha value is -1.03. The Labute approximate surface area is 189 Å². The summed E-state index contributed by atoms with van der Waals surface area (Å²) in [6.45, 7) is 3.38. The maximum Gasteiger partial charge on any atom is 0.0200 e. The first-order valence-corrected chi connectivity index (χ1v) is 13.6. The fraction of sp³-hybridized carbons (Fsp3) is 0.630. The standard InChI is InChI=1S/C27H42N2S/c1-30-20-18-26(29-21-23-11-5-2-6-12-23)22-28-19-17-27(24-13-7-3-8-14-24)25-15-9-4-10-16-25/h3,7-9,13-16,23,26-29H,2,4-6,10-12,17-22H2,1H3. The van der Waals surface area contributed by atoms with E-state index in [1.807, 2.05) is 11.8 Å². The Kier molecular flexibility index (Phi) is 11.1. The van der Waals surface area contributed by atoms with Crippen LogP contribution in [-0.2, 0) is 0 Å². The Bertz CT molecular complexity index is 634. The first-order chi connectivity index (χ1) is 14.9. The molecular weight excluding hydrogens is 384 g/mol. The van der Waals surface area contributed by atoms with Gasteiger partial charge in [-0.2, -0.15) is 11.8 Å². The second kappa shape index (κ2) is 14.1. The molecule has 0 radical (unpaired) electrons.